The van der Waals surface area contributed by atoms with E-state index in [4.69, 9.17) is 0 Å². The predicted octanol–water partition coefficient (Wildman–Crippen LogP) is 2.18. The summed E-state index contributed by atoms with van der Waals surface area (Å²) in [6, 6.07) is 8.34. The predicted molar refractivity (Wildman–Crippen MR) is 49.6 cm³/mol. The van der Waals surface area contributed by atoms with Gasteiger partial charge in [0.15, 0.2) is 0 Å². The fourth-order valence-electron chi connectivity index (χ4n) is 1.09. The minimum absolute atomic E-state index is 0.997. The van der Waals surface area contributed by atoms with Crippen LogP contribution in [-0.2, 0) is 6.54 Å². The van der Waals surface area contributed by atoms with Crippen LogP contribution in [0.1, 0.15) is 5.56 Å². The fraction of sp³-hybridized carbons (Fsp3) is 0.143. The van der Waals surface area contributed by atoms with E-state index in [1.165, 1.54) is 11.3 Å². The summed E-state index contributed by atoms with van der Waals surface area (Å²) in [6.45, 7) is 0.997. The first-order valence-corrected chi connectivity index (χ1v) is 4.10. The Morgan fingerprint density at radius 1 is 1.40 bits per heavy atom. The van der Waals surface area contributed by atoms with Crippen molar-refractivity contribution >= 4 is 28.6 Å². The number of anilines is 1. The van der Waals surface area contributed by atoms with Gasteiger partial charge in [-0.25, -0.2) is 0 Å². The first kappa shape index (κ1) is 6.42. The average Bonchev–Trinajstić information content (AvgIpc) is 2.27. The smallest absolute Gasteiger partial charge is 0.0557 e. The van der Waals surface area contributed by atoms with Crippen molar-refractivity contribution in [1.82, 2.24) is 3.22 Å². The molecule has 0 spiro atoms. The molecule has 0 bridgehead atoms. The standard InChI is InChI=1S/C7H7IN2/c8-10-5-6-3-1-2-4-7(6)9-10/h1-4,9H,5H2. The van der Waals surface area contributed by atoms with Crippen molar-refractivity contribution < 1.29 is 0 Å². The van der Waals surface area contributed by atoms with Gasteiger partial charge in [-0.15, -0.1) is 0 Å². The maximum atomic E-state index is 3.22. The number of nitrogens with zero attached hydrogens (tertiary/aromatic N) is 1. The lowest BCUT2D eigenvalue weighted by atomic mass is 10.2. The minimum atomic E-state index is 0.997. The number of hydrogen-bond donors (Lipinski definition) is 1. The Bertz CT molecular complexity index is 224. The molecule has 0 aliphatic carbocycles. The average molecular weight is 246 g/mol. The molecule has 1 heterocycles. The van der Waals surface area contributed by atoms with E-state index in [0.29, 0.717) is 0 Å². The molecule has 0 saturated carbocycles. The maximum absolute atomic E-state index is 3.22. The molecule has 1 aliphatic heterocycles. The van der Waals surface area contributed by atoms with Crippen LogP contribution in [0.25, 0.3) is 0 Å². The number of benzene rings is 1. The zero-order chi connectivity index (χ0) is 6.97. The Hall–Kier alpha value is -0.290. The van der Waals surface area contributed by atoms with Gasteiger partial charge in [0.2, 0.25) is 0 Å². The Kier molecular flexibility index (Phi) is 1.54. The van der Waals surface area contributed by atoms with Gasteiger partial charge in [0, 0.05) is 22.9 Å². The van der Waals surface area contributed by atoms with Gasteiger partial charge in [-0.2, -0.15) is 3.22 Å². The third kappa shape index (κ3) is 0.992. The molecular formula is C7H7IN2. The van der Waals surface area contributed by atoms with Crippen molar-refractivity contribution in [2.45, 2.75) is 6.54 Å². The molecule has 10 heavy (non-hydrogen) atoms. The Morgan fingerprint density at radius 2 is 2.20 bits per heavy atom. The number of fused-ring (bicyclic) bond motifs is 1. The monoisotopic (exact) mass is 246 g/mol. The van der Waals surface area contributed by atoms with E-state index in [-0.39, 0.29) is 0 Å². The lowest BCUT2D eigenvalue weighted by Crippen LogP contribution is -2.08. The normalized spacial score (nSPS) is 16.5. The highest BCUT2D eigenvalue weighted by molar-refractivity contribution is 14.1. The first-order chi connectivity index (χ1) is 4.86. The van der Waals surface area contributed by atoms with Crippen LogP contribution in [0.15, 0.2) is 24.3 Å². The minimum Gasteiger partial charge on any atom is -0.309 e. The highest BCUT2D eigenvalue weighted by Crippen LogP contribution is 2.25. The zero-order valence-electron chi connectivity index (χ0n) is 5.34. The Labute approximate surface area is 73.7 Å². The summed E-state index contributed by atoms with van der Waals surface area (Å²) in [5.74, 6) is 0. The maximum Gasteiger partial charge on any atom is 0.0557 e. The highest BCUT2D eigenvalue weighted by Gasteiger charge is 2.13. The lowest BCUT2D eigenvalue weighted by molar-refractivity contribution is 0.640. The summed E-state index contributed by atoms with van der Waals surface area (Å²) < 4.78 is 2.04. The summed E-state index contributed by atoms with van der Waals surface area (Å²) in [5.41, 5.74) is 5.82. The van der Waals surface area contributed by atoms with Gasteiger partial charge in [0.25, 0.3) is 0 Å². The molecule has 0 aromatic heterocycles. The largest absolute Gasteiger partial charge is 0.309 e. The van der Waals surface area contributed by atoms with E-state index < -0.39 is 0 Å². The quantitative estimate of drug-likeness (QED) is 0.557. The summed E-state index contributed by atoms with van der Waals surface area (Å²) in [6.07, 6.45) is 0. The van der Waals surface area contributed by atoms with Gasteiger partial charge in [0.05, 0.1) is 12.2 Å². The van der Waals surface area contributed by atoms with Crippen molar-refractivity contribution in [1.29, 1.82) is 0 Å². The Morgan fingerprint density at radius 3 is 3.00 bits per heavy atom. The van der Waals surface area contributed by atoms with Gasteiger partial charge >= 0.3 is 0 Å². The van der Waals surface area contributed by atoms with Crippen molar-refractivity contribution in [3.8, 4) is 0 Å². The number of hydrogen-bond acceptors (Lipinski definition) is 2. The molecule has 2 rings (SSSR count). The van der Waals surface area contributed by atoms with Crippen LogP contribution in [0.3, 0.4) is 0 Å². The number of nitrogens with one attached hydrogen (secondary N) is 1. The summed E-state index contributed by atoms with van der Waals surface area (Å²) in [5, 5.41) is 0. The molecule has 1 N–H and O–H groups in total. The van der Waals surface area contributed by atoms with Crippen LogP contribution in [0.2, 0.25) is 0 Å². The molecule has 0 saturated heterocycles. The summed E-state index contributed by atoms with van der Waals surface area (Å²) in [7, 11) is 0. The van der Waals surface area contributed by atoms with E-state index in [1.807, 2.05) is 9.29 Å². The van der Waals surface area contributed by atoms with E-state index in [9.17, 15) is 0 Å². The van der Waals surface area contributed by atoms with E-state index >= 15 is 0 Å². The van der Waals surface area contributed by atoms with Crippen molar-refractivity contribution in [2.24, 2.45) is 0 Å². The molecule has 1 aromatic rings. The number of para-hydroxylation sites is 1. The molecule has 0 unspecified atom stereocenters. The van der Waals surface area contributed by atoms with Crippen LogP contribution >= 0.6 is 22.9 Å². The van der Waals surface area contributed by atoms with Gasteiger partial charge < -0.3 is 5.43 Å². The van der Waals surface area contributed by atoms with Crippen LogP contribution in [0.4, 0.5) is 5.69 Å². The molecule has 0 fully saturated rings. The second-order valence-electron chi connectivity index (χ2n) is 2.29. The van der Waals surface area contributed by atoms with Crippen molar-refractivity contribution in [3.63, 3.8) is 0 Å². The topological polar surface area (TPSA) is 15.3 Å². The van der Waals surface area contributed by atoms with Crippen molar-refractivity contribution in [2.75, 3.05) is 5.43 Å². The van der Waals surface area contributed by atoms with Crippen LogP contribution in [0.5, 0.6) is 0 Å². The molecule has 0 atom stereocenters. The highest BCUT2D eigenvalue weighted by atomic mass is 127. The van der Waals surface area contributed by atoms with Crippen LogP contribution < -0.4 is 5.43 Å². The molecule has 1 aromatic carbocycles. The zero-order valence-corrected chi connectivity index (χ0v) is 7.50. The molecule has 0 radical (unpaired) electrons. The van der Waals surface area contributed by atoms with Crippen LogP contribution in [0, 0.1) is 0 Å². The molecule has 0 amide bonds. The van der Waals surface area contributed by atoms with Gasteiger partial charge in [-0.1, -0.05) is 18.2 Å². The third-order valence-electron chi connectivity index (χ3n) is 1.57. The van der Waals surface area contributed by atoms with E-state index in [2.05, 4.69) is 46.5 Å². The van der Waals surface area contributed by atoms with Gasteiger partial charge in [-0.3, -0.25) is 0 Å². The van der Waals surface area contributed by atoms with Gasteiger partial charge in [-0.05, 0) is 11.6 Å². The SMILES string of the molecule is IN1Cc2ccccc2N1. The second kappa shape index (κ2) is 2.39. The van der Waals surface area contributed by atoms with Crippen LogP contribution in [-0.4, -0.2) is 3.22 Å². The third-order valence-corrected chi connectivity index (χ3v) is 2.15. The van der Waals surface area contributed by atoms with Crippen molar-refractivity contribution in [3.05, 3.63) is 29.8 Å². The van der Waals surface area contributed by atoms with E-state index in [0.717, 1.165) is 6.54 Å². The number of halogens is 1. The molecule has 3 heteroatoms. The molecule has 2 nitrogen and oxygen atoms in total. The Balaban J connectivity index is 2.42. The molecule has 52 valence electrons. The van der Waals surface area contributed by atoms with E-state index in [1.54, 1.807) is 0 Å². The summed E-state index contributed by atoms with van der Waals surface area (Å²) in [4.78, 5) is 0. The lowest BCUT2D eigenvalue weighted by Gasteiger charge is -2.02. The number of hydrazine groups is 1. The first-order valence-electron chi connectivity index (χ1n) is 3.14. The number of rotatable bonds is 0. The fourth-order valence-corrected chi connectivity index (χ4v) is 1.71. The second-order valence-corrected chi connectivity index (χ2v) is 3.45. The molecule has 1 aliphatic rings. The van der Waals surface area contributed by atoms with Gasteiger partial charge in [0.1, 0.15) is 0 Å². The molecular weight excluding hydrogens is 239 g/mol. The summed E-state index contributed by atoms with van der Waals surface area (Å²) >= 11 is 2.25.